The predicted octanol–water partition coefficient (Wildman–Crippen LogP) is 4.52. The minimum Gasteiger partial charge on any atom is -0.447 e. The Balaban J connectivity index is 1.52. The van der Waals surface area contributed by atoms with Crippen LogP contribution in [0.4, 0.5) is 16.2 Å². The highest BCUT2D eigenvalue weighted by atomic mass is 79.9. The van der Waals surface area contributed by atoms with Crippen molar-refractivity contribution in [3.05, 3.63) is 64.3 Å². The zero-order valence-electron chi connectivity index (χ0n) is 14.7. The number of halogens is 1. The van der Waals surface area contributed by atoms with E-state index < -0.39 is 0 Å². The van der Waals surface area contributed by atoms with Gasteiger partial charge in [-0.05, 0) is 47.9 Å². The largest absolute Gasteiger partial charge is 0.447 e. The van der Waals surface area contributed by atoms with E-state index in [1.807, 2.05) is 30.5 Å². The Kier molecular flexibility index (Phi) is 4.01. The molecule has 3 aromatic rings. The summed E-state index contributed by atoms with van der Waals surface area (Å²) in [6, 6.07) is 14.5. The summed E-state index contributed by atoms with van der Waals surface area (Å²) in [5, 5.41) is 1.15. The molecule has 1 saturated heterocycles. The molecular formula is C21H18BrN3O2. The van der Waals surface area contributed by atoms with Crippen molar-refractivity contribution in [1.29, 1.82) is 0 Å². The molecule has 1 fully saturated rings. The molecule has 1 amide bonds. The maximum atomic E-state index is 12.0. The molecule has 0 bridgehead atoms. The summed E-state index contributed by atoms with van der Waals surface area (Å²) in [6.45, 7) is 2.81. The van der Waals surface area contributed by atoms with Gasteiger partial charge in [-0.2, -0.15) is 0 Å². The number of carbonyl (C=O) groups excluding carboxylic acids is 1. The number of fused-ring (bicyclic) bond motifs is 2. The van der Waals surface area contributed by atoms with Crippen molar-refractivity contribution in [3.8, 4) is 0 Å². The number of nitrogens with zero attached hydrogens (tertiary/aromatic N) is 3. The highest BCUT2D eigenvalue weighted by Gasteiger charge is 2.28. The Hall–Kier alpha value is -2.60. The molecule has 0 N–H and O–H groups in total. The molecule has 2 aliphatic heterocycles. The molecule has 5 rings (SSSR count). The van der Waals surface area contributed by atoms with Crippen molar-refractivity contribution < 1.29 is 9.53 Å². The van der Waals surface area contributed by atoms with Crippen molar-refractivity contribution >= 4 is 44.3 Å². The number of hydrogen-bond donors (Lipinski definition) is 0. The first-order chi connectivity index (χ1) is 13.2. The van der Waals surface area contributed by atoms with E-state index in [1.54, 1.807) is 4.90 Å². The van der Waals surface area contributed by atoms with Crippen molar-refractivity contribution in [3.63, 3.8) is 0 Å². The van der Waals surface area contributed by atoms with Crippen LogP contribution in [-0.2, 0) is 17.7 Å². The van der Waals surface area contributed by atoms with E-state index in [2.05, 4.69) is 44.0 Å². The van der Waals surface area contributed by atoms with Crippen molar-refractivity contribution in [1.82, 2.24) is 4.98 Å². The molecule has 1 aromatic heterocycles. The Labute approximate surface area is 165 Å². The van der Waals surface area contributed by atoms with Crippen LogP contribution in [-0.4, -0.2) is 30.8 Å². The van der Waals surface area contributed by atoms with E-state index in [0.717, 1.165) is 40.6 Å². The number of carbonyl (C=O) groups is 1. The fourth-order valence-corrected chi connectivity index (χ4v) is 4.40. The van der Waals surface area contributed by atoms with Gasteiger partial charge >= 0.3 is 6.09 Å². The predicted molar refractivity (Wildman–Crippen MR) is 109 cm³/mol. The maximum Gasteiger partial charge on any atom is 0.414 e. The number of rotatable bonds is 2. The third-order valence-electron chi connectivity index (χ3n) is 5.31. The Morgan fingerprint density at radius 3 is 2.85 bits per heavy atom. The molecular weight excluding hydrogens is 406 g/mol. The summed E-state index contributed by atoms with van der Waals surface area (Å²) in [5.41, 5.74) is 5.70. The molecule has 136 valence electrons. The number of cyclic esters (lactones) is 1. The van der Waals surface area contributed by atoms with Crippen molar-refractivity contribution in [2.24, 2.45) is 0 Å². The first-order valence-corrected chi connectivity index (χ1v) is 9.84. The second kappa shape index (κ2) is 6.53. The molecule has 0 spiro atoms. The van der Waals surface area contributed by atoms with Crippen LogP contribution in [0.5, 0.6) is 0 Å². The van der Waals surface area contributed by atoms with Crippen LogP contribution in [0.1, 0.15) is 11.1 Å². The van der Waals surface area contributed by atoms with Crippen LogP contribution in [0.25, 0.3) is 10.9 Å². The lowest BCUT2D eigenvalue weighted by molar-refractivity contribution is 0.181. The van der Waals surface area contributed by atoms with Crippen molar-refractivity contribution in [2.75, 3.05) is 29.5 Å². The minimum absolute atomic E-state index is 0.240. The minimum atomic E-state index is -0.240. The smallest absolute Gasteiger partial charge is 0.414 e. The normalized spacial score (nSPS) is 16.6. The standard InChI is InChI=1S/C21H18BrN3O2/c22-15-4-5-18-17(12-15)19(6-8-23-18)24-9-7-16-14(13-24)2-1-3-20(16)25-10-11-27-21(25)26/h1-6,8,12H,7,9-11,13H2. The molecule has 0 radical (unpaired) electrons. The van der Waals surface area contributed by atoms with Crippen LogP contribution in [0, 0.1) is 0 Å². The summed E-state index contributed by atoms with van der Waals surface area (Å²) < 4.78 is 6.18. The van der Waals surface area contributed by atoms with Crippen LogP contribution in [0.15, 0.2) is 53.1 Å². The number of aromatic nitrogens is 1. The fourth-order valence-electron chi connectivity index (χ4n) is 4.04. The van der Waals surface area contributed by atoms with Gasteiger partial charge in [0.2, 0.25) is 0 Å². The number of anilines is 2. The van der Waals surface area contributed by atoms with Gasteiger partial charge in [0.1, 0.15) is 6.61 Å². The average Bonchev–Trinajstić information content (AvgIpc) is 3.12. The molecule has 0 atom stereocenters. The highest BCUT2D eigenvalue weighted by molar-refractivity contribution is 9.10. The van der Waals surface area contributed by atoms with Gasteiger partial charge in [-0.1, -0.05) is 28.1 Å². The van der Waals surface area contributed by atoms with E-state index in [0.29, 0.717) is 13.2 Å². The van der Waals surface area contributed by atoms with Gasteiger partial charge in [-0.15, -0.1) is 0 Å². The summed E-state index contributed by atoms with van der Waals surface area (Å²) >= 11 is 3.57. The fraction of sp³-hybridized carbons (Fsp3) is 0.238. The summed E-state index contributed by atoms with van der Waals surface area (Å²) in [4.78, 5) is 20.6. The number of ether oxygens (including phenoxy) is 1. The Morgan fingerprint density at radius 1 is 1.07 bits per heavy atom. The molecule has 0 saturated carbocycles. The monoisotopic (exact) mass is 423 g/mol. The van der Waals surface area contributed by atoms with Crippen LogP contribution < -0.4 is 9.80 Å². The molecule has 0 unspecified atom stereocenters. The third-order valence-corrected chi connectivity index (χ3v) is 5.81. The van der Waals surface area contributed by atoms with Gasteiger partial charge in [0.15, 0.2) is 0 Å². The van der Waals surface area contributed by atoms with Gasteiger partial charge in [0, 0.05) is 34.8 Å². The topological polar surface area (TPSA) is 45.7 Å². The van der Waals surface area contributed by atoms with Gasteiger partial charge in [-0.25, -0.2) is 4.79 Å². The SMILES string of the molecule is O=C1OCCN1c1cccc2c1CCN(c1ccnc3ccc(Br)cc13)C2. The lowest BCUT2D eigenvalue weighted by Crippen LogP contribution is -2.33. The first-order valence-electron chi connectivity index (χ1n) is 9.05. The summed E-state index contributed by atoms with van der Waals surface area (Å²) in [5.74, 6) is 0. The zero-order chi connectivity index (χ0) is 18.4. The second-order valence-electron chi connectivity index (χ2n) is 6.84. The Bertz CT molecular complexity index is 1050. The lowest BCUT2D eigenvalue weighted by atomic mass is 9.96. The molecule has 5 nitrogen and oxygen atoms in total. The van der Waals surface area contributed by atoms with E-state index in [4.69, 9.17) is 4.74 Å². The van der Waals surface area contributed by atoms with Gasteiger partial charge in [0.05, 0.1) is 17.7 Å². The molecule has 6 heteroatoms. The van der Waals surface area contributed by atoms with E-state index in [1.165, 1.54) is 16.8 Å². The second-order valence-corrected chi connectivity index (χ2v) is 7.76. The van der Waals surface area contributed by atoms with E-state index in [-0.39, 0.29) is 6.09 Å². The van der Waals surface area contributed by atoms with Crippen LogP contribution in [0.3, 0.4) is 0 Å². The molecule has 27 heavy (non-hydrogen) atoms. The number of amides is 1. The summed E-state index contributed by atoms with van der Waals surface area (Å²) in [7, 11) is 0. The average molecular weight is 424 g/mol. The van der Waals surface area contributed by atoms with E-state index in [9.17, 15) is 4.79 Å². The van der Waals surface area contributed by atoms with Crippen LogP contribution >= 0.6 is 15.9 Å². The first kappa shape index (κ1) is 16.6. The lowest BCUT2D eigenvalue weighted by Gasteiger charge is -2.33. The number of pyridine rings is 1. The highest BCUT2D eigenvalue weighted by Crippen LogP contribution is 2.35. The Morgan fingerprint density at radius 2 is 2.00 bits per heavy atom. The zero-order valence-corrected chi connectivity index (χ0v) is 16.3. The van der Waals surface area contributed by atoms with Gasteiger partial charge in [-0.3, -0.25) is 9.88 Å². The number of hydrogen-bond acceptors (Lipinski definition) is 4. The van der Waals surface area contributed by atoms with E-state index >= 15 is 0 Å². The third kappa shape index (κ3) is 2.84. The van der Waals surface area contributed by atoms with Crippen LogP contribution in [0.2, 0.25) is 0 Å². The van der Waals surface area contributed by atoms with Crippen molar-refractivity contribution in [2.45, 2.75) is 13.0 Å². The molecule has 0 aliphatic carbocycles. The van der Waals surface area contributed by atoms with Gasteiger partial charge in [0.25, 0.3) is 0 Å². The molecule has 3 heterocycles. The van der Waals surface area contributed by atoms with Gasteiger partial charge < -0.3 is 9.64 Å². The summed E-state index contributed by atoms with van der Waals surface area (Å²) in [6.07, 6.45) is 2.53. The molecule has 2 aromatic carbocycles. The quantitative estimate of drug-likeness (QED) is 0.607. The number of benzene rings is 2. The maximum absolute atomic E-state index is 12.0. The molecule has 2 aliphatic rings.